The summed E-state index contributed by atoms with van der Waals surface area (Å²) in [5.74, 6) is 1.12. The molecule has 1 saturated heterocycles. The number of nitrogens with zero attached hydrogens (tertiary/aromatic N) is 3. The first-order valence-corrected chi connectivity index (χ1v) is 5.90. The number of ether oxygens (including phenoxy) is 1. The predicted octanol–water partition coefficient (Wildman–Crippen LogP) is 1.70. The Bertz CT molecular complexity index is 378. The van der Waals surface area contributed by atoms with E-state index < -0.39 is 0 Å². The van der Waals surface area contributed by atoms with Gasteiger partial charge in [-0.1, -0.05) is 0 Å². The molecule has 1 aromatic heterocycles. The normalized spacial score (nSPS) is 16.4. The zero-order valence-electron chi connectivity index (χ0n) is 9.72. The van der Waals surface area contributed by atoms with Crippen molar-refractivity contribution >= 4 is 5.95 Å². The molecule has 1 fully saturated rings. The summed E-state index contributed by atoms with van der Waals surface area (Å²) in [7, 11) is 0. The van der Waals surface area contributed by atoms with Gasteiger partial charge in [-0.2, -0.15) is 5.26 Å². The Kier molecular flexibility index (Phi) is 4.28. The molecule has 0 radical (unpaired) electrons. The van der Waals surface area contributed by atoms with Crippen LogP contribution < -0.4 is 5.32 Å². The predicted molar refractivity (Wildman–Crippen MR) is 63.5 cm³/mol. The molecule has 1 aliphatic rings. The molecule has 0 bridgehead atoms. The van der Waals surface area contributed by atoms with E-state index in [-0.39, 0.29) is 0 Å². The Labute approximate surface area is 101 Å². The fourth-order valence-corrected chi connectivity index (χ4v) is 1.90. The lowest BCUT2D eigenvalue weighted by Gasteiger charge is -2.21. The maximum absolute atomic E-state index is 8.42. The highest BCUT2D eigenvalue weighted by molar-refractivity contribution is 5.26. The lowest BCUT2D eigenvalue weighted by atomic mass is 9.94. The molecule has 1 N–H and O–H groups in total. The van der Waals surface area contributed by atoms with E-state index in [2.05, 4.69) is 21.4 Å². The van der Waals surface area contributed by atoms with Crippen molar-refractivity contribution in [2.75, 3.05) is 25.1 Å². The summed E-state index contributed by atoms with van der Waals surface area (Å²) in [4.78, 5) is 8.51. The summed E-state index contributed by atoms with van der Waals surface area (Å²) in [5.41, 5.74) is 1.18. The summed E-state index contributed by atoms with van der Waals surface area (Å²) >= 11 is 0. The van der Waals surface area contributed by atoms with Gasteiger partial charge in [-0.15, -0.1) is 0 Å². The minimum atomic E-state index is 0.463. The quantitative estimate of drug-likeness (QED) is 0.800. The number of anilines is 1. The van der Waals surface area contributed by atoms with Gasteiger partial charge in [0.15, 0.2) is 0 Å². The molecule has 2 rings (SSSR count). The summed E-state index contributed by atoms with van der Waals surface area (Å²) < 4.78 is 5.33. The van der Waals surface area contributed by atoms with Crippen LogP contribution in [0.3, 0.4) is 0 Å². The van der Waals surface area contributed by atoms with Crippen LogP contribution in [0.25, 0.3) is 0 Å². The second-order valence-electron chi connectivity index (χ2n) is 4.06. The Morgan fingerprint density at radius 1 is 1.35 bits per heavy atom. The third kappa shape index (κ3) is 3.40. The van der Waals surface area contributed by atoms with Crippen molar-refractivity contribution in [2.24, 2.45) is 0 Å². The Morgan fingerprint density at radius 3 is 2.71 bits per heavy atom. The van der Waals surface area contributed by atoms with Crippen LogP contribution in [-0.4, -0.2) is 29.7 Å². The van der Waals surface area contributed by atoms with Crippen LogP contribution in [0.1, 0.15) is 30.7 Å². The second kappa shape index (κ2) is 6.16. The third-order valence-electron chi connectivity index (χ3n) is 2.88. The van der Waals surface area contributed by atoms with Crippen LogP contribution in [-0.2, 0) is 4.74 Å². The molecule has 0 saturated carbocycles. The Balaban J connectivity index is 1.90. The minimum absolute atomic E-state index is 0.463. The molecular formula is C12H16N4O. The average molecular weight is 232 g/mol. The Morgan fingerprint density at radius 2 is 2.06 bits per heavy atom. The zero-order valence-corrected chi connectivity index (χ0v) is 9.72. The summed E-state index contributed by atoms with van der Waals surface area (Å²) in [6.07, 6.45) is 6.30. The molecule has 0 aromatic carbocycles. The topological polar surface area (TPSA) is 70.8 Å². The largest absolute Gasteiger partial charge is 0.381 e. The molecule has 2 heterocycles. The number of nitriles is 1. The van der Waals surface area contributed by atoms with Crippen molar-refractivity contribution < 1.29 is 4.74 Å². The zero-order chi connectivity index (χ0) is 11.9. The van der Waals surface area contributed by atoms with Gasteiger partial charge in [-0.05, 0) is 24.3 Å². The van der Waals surface area contributed by atoms with Crippen molar-refractivity contribution in [3.8, 4) is 6.07 Å². The van der Waals surface area contributed by atoms with Gasteiger partial charge in [0, 0.05) is 32.2 Å². The molecule has 0 amide bonds. The molecule has 1 aliphatic heterocycles. The molecular weight excluding hydrogens is 216 g/mol. The second-order valence-corrected chi connectivity index (χ2v) is 4.06. The molecule has 0 unspecified atom stereocenters. The van der Waals surface area contributed by atoms with Crippen LogP contribution in [0, 0.1) is 11.3 Å². The monoisotopic (exact) mass is 232 g/mol. The number of aromatic nitrogens is 2. The van der Waals surface area contributed by atoms with Crippen LogP contribution in [0.2, 0.25) is 0 Å². The smallest absolute Gasteiger partial charge is 0.222 e. The van der Waals surface area contributed by atoms with Crippen molar-refractivity contribution in [1.82, 2.24) is 9.97 Å². The van der Waals surface area contributed by atoms with Gasteiger partial charge in [0.2, 0.25) is 5.95 Å². The van der Waals surface area contributed by atoms with Crippen LogP contribution in [0.4, 0.5) is 5.95 Å². The molecule has 0 spiro atoms. The van der Waals surface area contributed by atoms with Gasteiger partial charge in [-0.3, -0.25) is 0 Å². The SMILES string of the molecule is N#CCCNc1ncc(C2CCOCC2)cn1. The fourth-order valence-electron chi connectivity index (χ4n) is 1.90. The van der Waals surface area contributed by atoms with Crippen LogP contribution in [0.5, 0.6) is 0 Å². The molecule has 0 atom stereocenters. The number of hydrogen-bond donors (Lipinski definition) is 1. The van der Waals surface area contributed by atoms with Crippen molar-refractivity contribution in [3.05, 3.63) is 18.0 Å². The highest BCUT2D eigenvalue weighted by atomic mass is 16.5. The first-order valence-electron chi connectivity index (χ1n) is 5.90. The van der Waals surface area contributed by atoms with Crippen LogP contribution >= 0.6 is 0 Å². The molecule has 17 heavy (non-hydrogen) atoms. The van der Waals surface area contributed by atoms with E-state index in [1.165, 1.54) is 5.56 Å². The fraction of sp³-hybridized carbons (Fsp3) is 0.583. The number of hydrogen-bond acceptors (Lipinski definition) is 5. The molecule has 90 valence electrons. The molecule has 0 aliphatic carbocycles. The van der Waals surface area contributed by atoms with E-state index in [1.807, 2.05) is 12.4 Å². The maximum atomic E-state index is 8.42. The first-order chi connectivity index (χ1) is 8.40. The van der Waals surface area contributed by atoms with E-state index in [9.17, 15) is 0 Å². The van der Waals surface area contributed by atoms with Gasteiger partial charge in [0.05, 0.1) is 12.5 Å². The van der Waals surface area contributed by atoms with E-state index in [0.29, 0.717) is 24.8 Å². The molecule has 5 heteroatoms. The van der Waals surface area contributed by atoms with E-state index in [1.54, 1.807) is 0 Å². The first kappa shape index (κ1) is 11.8. The highest BCUT2D eigenvalue weighted by Crippen LogP contribution is 2.25. The average Bonchev–Trinajstić information content (AvgIpc) is 2.41. The van der Waals surface area contributed by atoms with E-state index >= 15 is 0 Å². The van der Waals surface area contributed by atoms with Gasteiger partial charge in [0.25, 0.3) is 0 Å². The van der Waals surface area contributed by atoms with Gasteiger partial charge >= 0.3 is 0 Å². The van der Waals surface area contributed by atoms with Gasteiger partial charge in [0.1, 0.15) is 0 Å². The van der Waals surface area contributed by atoms with Crippen molar-refractivity contribution in [2.45, 2.75) is 25.2 Å². The molecule has 1 aromatic rings. The Hall–Kier alpha value is -1.67. The maximum Gasteiger partial charge on any atom is 0.222 e. The summed E-state index contributed by atoms with van der Waals surface area (Å²) in [5, 5.41) is 11.4. The van der Waals surface area contributed by atoms with Crippen molar-refractivity contribution in [1.29, 1.82) is 5.26 Å². The van der Waals surface area contributed by atoms with E-state index in [0.717, 1.165) is 26.1 Å². The number of rotatable bonds is 4. The van der Waals surface area contributed by atoms with Gasteiger partial charge < -0.3 is 10.1 Å². The van der Waals surface area contributed by atoms with E-state index in [4.69, 9.17) is 10.00 Å². The van der Waals surface area contributed by atoms with Crippen molar-refractivity contribution in [3.63, 3.8) is 0 Å². The number of nitrogens with one attached hydrogen (secondary N) is 1. The molecule has 5 nitrogen and oxygen atoms in total. The van der Waals surface area contributed by atoms with Crippen LogP contribution in [0.15, 0.2) is 12.4 Å². The lowest BCUT2D eigenvalue weighted by molar-refractivity contribution is 0.0852. The lowest BCUT2D eigenvalue weighted by Crippen LogP contribution is -2.15. The highest BCUT2D eigenvalue weighted by Gasteiger charge is 2.16. The standard InChI is InChI=1S/C12H16N4O/c13-4-1-5-14-12-15-8-11(9-16-12)10-2-6-17-7-3-10/h8-10H,1-3,5-7H2,(H,14,15,16). The minimum Gasteiger partial charge on any atom is -0.381 e. The summed E-state index contributed by atoms with van der Waals surface area (Å²) in [6.45, 7) is 2.24. The summed E-state index contributed by atoms with van der Waals surface area (Å²) in [6, 6.07) is 2.07. The third-order valence-corrected chi connectivity index (χ3v) is 2.88. The van der Waals surface area contributed by atoms with Gasteiger partial charge in [-0.25, -0.2) is 9.97 Å².